The summed E-state index contributed by atoms with van der Waals surface area (Å²) in [6, 6.07) is 12.0. The van der Waals surface area contributed by atoms with Crippen LogP contribution >= 0.6 is 11.3 Å². The lowest BCUT2D eigenvalue weighted by atomic mass is 10.2. The summed E-state index contributed by atoms with van der Waals surface area (Å²) in [5.74, 6) is -0.0935. The lowest BCUT2D eigenvalue weighted by Gasteiger charge is -2.05. The molecule has 1 amide bonds. The summed E-state index contributed by atoms with van der Waals surface area (Å²) in [6.07, 6.45) is 0. The summed E-state index contributed by atoms with van der Waals surface area (Å²) in [4.78, 5) is 29.3. The van der Waals surface area contributed by atoms with Gasteiger partial charge >= 0.3 is 5.97 Å². The molecule has 1 aromatic heterocycles. The van der Waals surface area contributed by atoms with Crippen LogP contribution in [0.5, 0.6) is 5.75 Å². The van der Waals surface area contributed by atoms with Crippen molar-refractivity contribution in [2.75, 3.05) is 27.9 Å². The van der Waals surface area contributed by atoms with Crippen molar-refractivity contribution in [2.24, 2.45) is 4.99 Å². The van der Waals surface area contributed by atoms with Gasteiger partial charge in [0.1, 0.15) is 5.75 Å². The van der Waals surface area contributed by atoms with Crippen LogP contribution in [0.2, 0.25) is 0 Å². The van der Waals surface area contributed by atoms with E-state index in [1.165, 1.54) is 18.4 Å². The molecule has 0 aliphatic rings. The first-order valence-electron chi connectivity index (χ1n) is 8.51. The quantitative estimate of drug-likeness (QED) is 0.595. The fraction of sp³-hybridized carbons (Fsp3) is 0.250. The number of carbonyl (C=O) groups is 2. The highest BCUT2D eigenvalue weighted by molar-refractivity contribution is 7.16. The van der Waals surface area contributed by atoms with Crippen molar-refractivity contribution in [1.82, 2.24) is 4.57 Å². The minimum atomic E-state index is -0.411. The molecule has 0 unspecified atom stereocenters. The van der Waals surface area contributed by atoms with Crippen molar-refractivity contribution >= 4 is 33.4 Å². The largest absolute Gasteiger partial charge is 0.497 e. The summed E-state index contributed by atoms with van der Waals surface area (Å²) in [6.45, 7) is 0.997. The smallest absolute Gasteiger partial charge is 0.337 e. The first-order chi connectivity index (χ1) is 13.6. The van der Waals surface area contributed by atoms with Gasteiger partial charge in [-0.15, -0.1) is 0 Å². The number of methoxy groups -OCH3 is 3. The molecule has 0 aliphatic heterocycles. The fourth-order valence-electron chi connectivity index (χ4n) is 2.69. The second-order valence-corrected chi connectivity index (χ2v) is 6.86. The van der Waals surface area contributed by atoms with Crippen molar-refractivity contribution in [3.63, 3.8) is 0 Å². The minimum Gasteiger partial charge on any atom is -0.497 e. The molecule has 7 nitrogen and oxygen atoms in total. The average Bonchev–Trinajstić information content (AvgIpc) is 3.07. The van der Waals surface area contributed by atoms with Crippen LogP contribution < -0.4 is 9.54 Å². The Bertz CT molecular complexity index is 1070. The predicted octanol–water partition coefficient (Wildman–Crippen LogP) is 2.89. The van der Waals surface area contributed by atoms with E-state index in [1.807, 2.05) is 10.6 Å². The van der Waals surface area contributed by atoms with Crippen molar-refractivity contribution in [1.29, 1.82) is 0 Å². The first kappa shape index (κ1) is 19.8. The molecular formula is C20H20N2O5S. The molecule has 0 saturated carbocycles. The lowest BCUT2D eigenvalue weighted by molar-refractivity contribution is 0.0600. The molecule has 0 spiro atoms. The Morgan fingerprint density at radius 1 is 1.04 bits per heavy atom. The van der Waals surface area contributed by atoms with Gasteiger partial charge in [-0.05, 0) is 42.5 Å². The molecule has 0 saturated heterocycles. The standard InChI is InChI=1S/C20H20N2O5S/c1-25-11-10-22-16-9-6-14(19(24)27-3)12-17(16)28-20(22)21-18(23)13-4-7-15(26-2)8-5-13/h4-9,12H,10-11H2,1-3H3. The Morgan fingerprint density at radius 2 is 1.75 bits per heavy atom. The maximum atomic E-state index is 12.6. The molecule has 28 heavy (non-hydrogen) atoms. The van der Waals surface area contributed by atoms with E-state index in [2.05, 4.69) is 4.99 Å². The Balaban J connectivity index is 2.07. The zero-order chi connectivity index (χ0) is 20.1. The second kappa shape index (κ2) is 8.81. The zero-order valence-corrected chi connectivity index (χ0v) is 16.6. The van der Waals surface area contributed by atoms with Gasteiger partial charge in [-0.3, -0.25) is 4.79 Å². The summed E-state index contributed by atoms with van der Waals surface area (Å²) >= 11 is 1.33. The van der Waals surface area contributed by atoms with Crippen LogP contribution in [-0.4, -0.2) is 44.4 Å². The molecule has 8 heteroatoms. The SMILES string of the molecule is COCCn1c(=NC(=O)c2ccc(OC)cc2)sc2cc(C(=O)OC)ccc21. The number of amides is 1. The molecule has 1 heterocycles. The number of rotatable bonds is 6. The molecule has 3 rings (SSSR count). The number of thiazole rings is 1. The fourth-order valence-corrected chi connectivity index (χ4v) is 3.78. The molecule has 0 atom stereocenters. The Hall–Kier alpha value is -2.97. The van der Waals surface area contributed by atoms with Crippen LogP contribution in [0.15, 0.2) is 47.5 Å². The topological polar surface area (TPSA) is 79.1 Å². The van der Waals surface area contributed by atoms with Gasteiger partial charge in [-0.1, -0.05) is 11.3 Å². The van der Waals surface area contributed by atoms with E-state index in [0.29, 0.717) is 34.8 Å². The monoisotopic (exact) mass is 400 g/mol. The number of nitrogens with zero attached hydrogens (tertiary/aromatic N) is 2. The van der Waals surface area contributed by atoms with Crippen LogP contribution in [0.25, 0.3) is 10.2 Å². The van der Waals surface area contributed by atoms with Crippen molar-refractivity contribution < 1.29 is 23.8 Å². The summed E-state index contributed by atoms with van der Waals surface area (Å²) < 4.78 is 17.8. The van der Waals surface area contributed by atoms with Gasteiger partial charge in [0.15, 0.2) is 4.80 Å². The van der Waals surface area contributed by atoms with Crippen LogP contribution in [-0.2, 0) is 16.0 Å². The van der Waals surface area contributed by atoms with E-state index < -0.39 is 5.97 Å². The van der Waals surface area contributed by atoms with Gasteiger partial charge in [-0.25, -0.2) is 4.79 Å². The number of hydrogen-bond acceptors (Lipinski definition) is 6. The second-order valence-electron chi connectivity index (χ2n) is 5.85. The van der Waals surface area contributed by atoms with E-state index >= 15 is 0 Å². The highest BCUT2D eigenvalue weighted by atomic mass is 32.1. The van der Waals surface area contributed by atoms with Crippen molar-refractivity contribution in [3.05, 3.63) is 58.4 Å². The number of aromatic nitrogens is 1. The van der Waals surface area contributed by atoms with E-state index in [0.717, 1.165) is 10.2 Å². The van der Waals surface area contributed by atoms with Crippen LogP contribution in [0.1, 0.15) is 20.7 Å². The molecular weight excluding hydrogens is 380 g/mol. The molecule has 2 aromatic carbocycles. The highest BCUT2D eigenvalue weighted by Gasteiger charge is 2.12. The van der Waals surface area contributed by atoms with E-state index in [9.17, 15) is 9.59 Å². The molecule has 146 valence electrons. The minimum absolute atomic E-state index is 0.353. The molecule has 0 radical (unpaired) electrons. The number of esters is 1. The zero-order valence-electron chi connectivity index (χ0n) is 15.8. The van der Waals surface area contributed by atoms with Gasteiger partial charge in [-0.2, -0.15) is 4.99 Å². The van der Waals surface area contributed by atoms with Crippen molar-refractivity contribution in [2.45, 2.75) is 6.54 Å². The van der Waals surface area contributed by atoms with E-state index in [1.54, 1.807) is 50.6 Å². The Morgan fingerprint density at radius 3 is 2.39 bits per heavy atom. The van der Waals surface area contributed by atoms with E-state index in [-0.39, 0.29) is 5.91 Å². The number of ether oxygens (including phenoxy) is 3. The highest BCUT2D eigenvalue weighted by Crippen LogP contribution is 2.20. The third-order valence-corrected chi connectivity index (χ3v) is 5.20. The third-order valence-electron chi connectivity index (χ3n) is 4.16. The van der Waals surface area contributed by atoms with Gasteiger partial charge in [0.2, 0.25) is 0 Å². The summed E-state index contributed by atoms with van der Waals surface area (Å²) in [5, 5.41) is 0. The Kier molecular flexibility index (Phi) is 6.23. The number of benzene rings is 2. The average molecular weight is 400 g/mol. The molecule has 3 aromatic rings. The maximum Gasteiger partial charge on any atom is 0.337 e. The van der Waals surface area contributed by atoms with Gasteiger partial charge < -0.3 is 18.8 Å². The summed E-state index contributed by atoms with van der Waals surface area (Å²) in [5.41, 5.74) is 1.78. The third kappa shape index (κ3) is 4.13. The normalized spacial score (nSPS) is 11.6. The van der Waals surface area contributed by atoms with Gasteiger partial charge in [0.25, 0.3) is 5.91 Å². The first-order valence-corrected chi connectivity index (χ1v) is 9.32. The number of carbonyl (C=O) groups excluding carboxylic acids is 2. The van der Waals surface area contributed by atoms with Crippen molar-refractivity contribution in [3.8, 4) is 5.75 Å². The maximum absolute atomic E-state index is 12.6. The Labute approximate surface area is 165 Å². The van der Waals surface area contributed by atoms with Gasteiger partial charge in [0, 0.05) is 19.2 Å². The summed E-state index contributed by atoms with van der Waals surface area (Å²) in [7, 11) is 4.53. The van der Waals surface area contributed by atoms with E-state index in [4.69, 9.17) is 14.2 Å². The molecule has 0 bridgehead atoms. The molecule has 0 fully saturated rings. The van der Waals surface area contributed by atoms with Crippen LogP contribution in [0.4, 0.5) is 0 Å². The van der Waals surface area contributed by atoms with Crippen LogP contribution in [0.3, 0.4) is 0 Å². The lowest BCUT2D eigenvalue weighted by Crippen LogP contribution is -2.19. The van der Waals surface area contributed by atoms with Gasteiger partial charge in [0.05, 0.1) is 36.6 Å². The predicted molar refractivity (Wildman–Crippen MR) is 106 cm³/mol. The number of hydrogen-bond donors (Lipinski definition) is 0. The van der Waals surface area contributed by atoms with Crippen LogP contribution in [0, 0.1) is 0 Å². The molecule has 0 aliphatic carbocycles. The number of fused-ring (bicyclic) bond motifs is 1. The molecule has 0 N–H and O–H groups in total.